The van der Waals surface area contributed by atoms with Crippen LogP contribution in [-0.4, -0.2) is 13.1 Å². The lowest BCUT2D eigenvalue weighted by atomic mass is 9.84. The predicted octanol–water partition coefficient (Wildman–Crippen LogP) is 3.55. The third kappa shape index (κ3) is 3.05. The molecule has 2 nitrogen and oxygen atoms in total. The first-order valence-electron chi connectivity index (χ1n) is 7.26. The quantitative estimate of drug-likeness (QED) is 0.880. The van der Waals surface area contributed by atoms with Gasteiger partial charge in [-0.15, -0.1) is 0 Å². The number of nitrogens with two attached hydrogens (primary N) is 1. The van der Waals surface area contributed by atoms with Crippen molar-refractivity contribution >= 4 is 5.69 Å². The standard InChI is InChI=1S/C16H26N2/c1-3-13-4-8-15(9-5-13)18(2)16-10-6-14(12-17)7-11-16/h6-7,10-11,13,15H,3-5,8-9,12,17H2,1-2H3. The van der Waals surface area contributed by atoms with E-state index in [1.807, 2.05) is 0 Å². The topological polar surface area (TPSA) is 29.3 Å². The maximum absolute atomic E-state index is 5.64. The molecule has 2 rings (SSSR count). The van der Waals surface area contributed by atoms with E-state index in [4.69, 9.17) is 5.73 Å². The van der Waals surface area contributed by atoms with Crippen LogP contribution >= 0.6 is 0 Å². The summed E-state index contributed by atoms with van der Waals surface area (Å²) in [5.41, 5.74) is 8.17. The van der Waals surface area contributed by atoms with Crippen molar-refractivity contribution in [2.24, 2.45) is 11.7 Å². The van der Waals surface area contributed by atoms with Crippen molar-refractivity contribution in [3.05, 3.63) is 29.8 Å². The predicted molar refractivity (Wildman–Crippen MR) is 78.8 cm³/mol. The van der Waals surface area contributed by atoms with Crippen molar-refractivity contribution in [1.82, 2.24) is 0 Å². The van der Waals surface area contributed by atoms with Crippen molar-refractivity contribution < 1.29 is 0 Å². The monoisotopic (exact) mass is 246 g/mol. The summed E-state index contributed by atoms with van der Waals surface area (Å²) >= 11 is 0. The molecule has 0 radical (unpaired) electrons. The van der Waals surface area contributed by atoms with Crippen molar-refractivity contribution in [1.29, 1.82) is 0 Å². The molecule has 0 aromatic heterocycles. The molecule has 1 aromatic rings. The molecule has 2 heteroatoms. The van der Waals surface area contributed by atoms with Gasteiger partial charge >= 0.3 is 0 Å². The molecule has 0 aliphatic heterocycles. The number of anilines is 1. The smallest absolute Gasteiger partial charge is 0.0366 e. The largest absolute Gasteiger partial charge is 0.372 e. The van der Waals surface area contributed by atoms with Crippen molar-refractivity contribution in [2.45, 2.75) is 51.6 Å². The van der Waals surface area contributed by atoms with Crippen LogP contribution in [0.3, 0.4) is 0 Å². The molecule has 1 aliphatic carbocycles. The van der Waals surface area contributed by atoms with E-state index in [9.17, 15) is 0 Å². The average molecular weight is 246 g/mol. The third-order valence-corrected chi connectivity index (χ3v) is 4.52. The minimum Gasteiger partial charge on any atom is -0.372 e. The Kier molecular flexibility index (Phi) is 4.65. The fourth-order valence-electron chi connectivity index (χ4n) is 3.02. The summed E-state index contributed by atoms with van der Waals surface area (Å²) in [7, 11) is 2.23. The molecular weight excluding hydrogens is 220 g/mol. The maximum Gasteiger partial charge on any atom is 0.0366 e. The molecule has 1 fully saturated rings. The maximum atomic E-state index is 5.64. The lowest BCUT2D eigenvalue weighted by Crippen LogP contribution is -2.35. The molecule has 0 amide bonds. The normalized spacial score (nSPS) is 23.9. The van der Waals surface area contributed by atoms with Crippen LogP contribution in [0.4, 0.5) is 5.69 Å². The first-order chi connectivity index (χ1) is 8.74. The van der Waals surface area contributed by atoms with Crippen LogP contribution < -0.4 is 10.6 Å². The molecule has 0 spiro atoms. The number of rotatable bonds is 4. The average Bonchev–Trinajstić information content (AvgIpc) is 2.47. The zero-order valence-corrected chi connectivity index (χ0v) is 11.7. The molecule has 0 saturated heterocycles. The zero-order chi connectivity index (χ0) is 13.0. The van der Waals surface area contributed by atoms with Gasteiger partial charge in [-0.3, -0.25) is 0 Å². The van der Waals surface area contributed by atoms with Gasteiger partial charge in [-0.2, -0.15) is 0 Å². The number of benzene rings is 1. The van der Waals surface area contributed by atoms with Crippen LogP contribution in [0.25, 0.3) is 0 Å². The molecule has 0 unspecified atom stereocenters. The van der Waals surface area contributed by atoms with Crippen LogP contribution in [0, 0.1) is 5.92 Å². The van der Waals surface area contributed by atoms with Crippen LogP contribution in [0.15, 0.2) is 24.3 Å². The van der Waals surface area contributed by atoms with Gasteiger partial charge in [0.15, 0.2) is 0 Å². The highest BCUT2D eigenvalue weighted by Crippen LogP contribution is 2.31. The van der Waals surface area contributed by atoms with Crippen molar-refractivity contribution in [2.75, 3.05) is 11.9 Å². The summed E-state index contributed by atoms with van der Waals surface area (Å²) in [6.45, 7) is 2.95. The van der Waals surface area contributed by atoms with Gasteiger partial charge in [0, 0.05) is 25.3 Å². The highest BCUT2D eigenvalue weighted by Gasteiger charge is 2.23. The summed E-state index contributed by atoms with van der Waals surface area (Å²) in [4.78, 5) is 2.45. The van der Waals surface area contributed by atoms with E-state index in [-0.39, 0.29) is 0 Å². The Labute approximate surface area is 111 Å². The molecule has 1 aromatic carbocycles. The van der Waals surface area contributed by atoms with Gasteiger partial charge in [-0.25, -0.2) is 0 Å². The highest BCUT2D eigenvalue weighted by molar-refractivity contribution is 5.47. The lowest BCUT2D eigenvalue weighted by Gasteiger charge is -2.35. The lowest BCUT2D eigenvalue weighted by molar-refractivity contribution is 0.313. The Morgan fingerprint density at radius 1 is 1.11 bits per heavy atom. The second kappa shape index (κ2) is 6.24. The molecule has 0 heterocycles. The minimum atomic E-state index is 0.631. The second-order valence-electron chi connectivity index (χ2n) is 5.56. The molecule has 1 aliphatic rings. The van der Waals surface area contributed by atoms with Crippen molar-refractivity contribution in [3.8, 4) is 0 Å². The van der Waals surface area contributed by atoms with E-state index in [1.54, 1.807) is 0 Å². The fraction of sp³-hybridized carbons (Fsp3) is 0.625. The van der Waals surface area contributed by atoms with E-state index in [0.717, 1.165) is 12.0 Å². The first-order valence-corrected chi connectivity index (χ1v) is 7.26. The van der Waals surface area contributed by atoms with Crippen LogP contribution in [0.5, 0.6) is 0 Å². The first kappa shape index (κ1) is 13.4. The Balaban J connectivity index is 1.96. The summed E-state index contributed by atoms with van der Waals surface area (Å²) in [6, 6.07) is 9.41. The van der Waals surface area contributed by atoms with E-state index in [1.165, 1.54) is 43.4 Å². The second-order valence-corrected chi connectivity index (χ2v) is 5.56. The zero-order valence-electron chi connectivity index (χ0n) is 11.7. The molecular formula is C16H26N2. The summed E-state index contributed by atoms with van der Waals surface area (Å²) < 4.78 is 0. The number of hydrogen-bond acceptors (Lipinski definition) is 2. The summed E-state index contributed by atoms with van der Waals surface area (Å²) in [6.07, 6.45) is 6.82. The van der Waals surface area contributed by atoms with E-state index in [0.29, 0.717) is 6.54 Å². The van der Waals surface area contributed by atoms with E-state index < -0.39 is 0 Å². The van der Waals surface area contributed by atoms with Crippen LogP contribution in [0.2, 0.25) is 0 Å². The van der Waals surface area contributed by atoms with Crippen molar-refractivity contribution in [3.63, 3.8) is 0 Å². The molecule has 100 valence electrons. The fourth-order valence-corrected chi connectivity index (χ4v) is 3.02. The summed E-state index contributed by atoms with van der Waals surface area (Å²) in [5.74, 6) is 0.967. The van der Waals surface area contributed by atoms with E-state index in [2.05, 4.69) is 43.1 Å². The van der Waals surface area contributed by atoms with E-state index >= 15 is 0 Å². The van der Waals surface area contributed by atoms with Gasteiger partial charge in [-0.05, 0) is 49.3 Å². The highest BCUT2D eigenvalue weighted by atomic mass is 15.1. The van der Waals surface area contributed by atoms with Gasteiger partial charge in [0.2, 0.25) is 0 Å². The van der Waals surface area contributed by atoms with Gasteiger partial charge in [0.1, 0.15) is 0 Å². The number of nitrogens with zero attached hydrogens (tertiary/aromatic N) is 1. The molecule has 1 saturated carbocycles. The van der Waals surface area contributed by atoms with Gasteiger partial charge in [0.05, 0.1) is 0 Å². The Bertz CT molecular complexity index is 350. The minimum absolute atomic E-state index is 0.631. The molecule has 0 bridgehead atoms. The van der Waals surface area contributed by atoms with Gasteiger partial charge < -0.3 is 10.6 Å². The van der Waals surface area contributed by atoms with Crippen LogP contribution in [0.1, 0.15) is 44.6 Å². The Morgan fingerprint density at radius 3 is 2.22 bits per heavy atom. The molecule has 2 N–H and O–H groups in total. The Hall–Kier alpha value is -1.02. The van der Waals surface area contributed by atoms with Crippen LogP contribution in [-0.2, 0) is 6.54 Å². The third-order valence-electron chi connectivity index (χ3n) is 4.52. The van der Waals surface area contributed by atoms with Gasteiger partial charge in [-0.1, -0.05) is 25.5 Å². The molecule has 18 heavy (non-hydrogen) atoms. The summed E-state index contributed by atoms with van der Waals surface area (Å²) in [5, 5.41) is 0. The molecule has 0 atom stereocenters. The van der Waals surface area contributed by atoms with Gasteiger partial charge in [0.25, 0.3) is 0 Å². The Morgan fingerprint density at radius 2 is 1.72 bits per heavy atom. The SMILES string of the molecule is CCC1CCC(N(C)c2ccc(CN)cc2)CC1. The number of hydrogen-bond donors (Lipinski definition) is 1.